The first-order valence-electron chi connectivity index (χ1n) is 8.42. The molecule has 3 amide bonds. The van der Waals surface area contributed by atoms with Crippen LogP contribution in [-0.4, -0.2) is 29.2 Å². The molecule has 5 heteroatoms. The predicted octanol–water partition coefficient (Wildman–Crippen LogP) is 2.65. The number of nitrogens with zero attached hydrogens (tertiary/aromatic N) is 1. The monoisotopic (exact) mass is 334 g/mol. The lowest BCUT2D eigenvalue weighted by Crippen LogP contribution is -2.46. The van der Waals surface area contributed by atoms with Crippen LogP contribution in [0.5, 0.6) is 0 Å². The molecule has 0 unspecified atom stereocenters. The van der Waals surface area contributed by atoms with E-state index in [0.717, 1.165) is 28.9 Å². The minimum Gasteiger partial charge on any atom is -0.319 e. The quantitative estimate of drug-likeness (QED) is 0.693. The summed E-state index contributed by atoms with van der Waals surface area (Å²) in [5, 5.41) is 2.87. The smallest absolute Gasteiger partial charge is 0.319 e. The zero-order valence-electron chi connectivity index (χ0n) is 13.7. The summed E-state index contributed by atoms with van der Waals surface area (Å²) in [5.74, 6) is -0.570. The van der Waals surface area contributed by atoms with Crippen LogP contribution >= 0.6 is 0 Å². The number of imide groups is 1. The molecule has 0 radical (unpaired) electrons. The molecular formula is C20H18N2O3. The number of hydrogen-bond donors (Lipinski definition) is 1. The van der Waals surface area contributed by atoms with Crippen LogP contribution < -0.4 is 5.32 Å². The van der Waals surface area contributed by atoms with Gasteiger partial charge in [0, 0.05) is 5.56 Å². The molecule has 126 valence electrons. The van der Waals surface area contributed by atoms with Gasteiger partial charge in [0.25, 0.3) is 5.91 Å². The highest BCUT2D eigenvalue weighted by Gasteiger charge is 2.54. The number of aryl methyl sites for hydroxylation is 1. The number of fused-ring (bicyclic) bond motifs is 2. The molecule has 1 atom stereocenters. The second-order valence-corrected chi connectivity index (χ2v) is 6.53. The molecule has 1 spiro atoms. The number of rotatable bonds is 3. The summed E-state index contributed by atoms with van der Waals surface area (Å²) in [6.45, 7) is -0.238. The molecule has 1 heterocycles. The lowest BCUT2D eigenvalue weighted by molar-refractivity contribution is -0.131. The Hall–Kier alpha value is -2.95. The van der Waals surface area contributed by atoms with Crippen molar-refractivity contribution in [3.63, 3.8) is 0 Å². The van der Waals surface area contributed by atoms with Crippen molar-refractivity contribution in [2.75, 3.05) is 6.54 Å². The fourth-order valence-electron chi connectivity index (χ4n) is 3.81. The van der Waals surface area contributed by atoms with Crippen LogP contribution in [0.1, 0.15) is 34.3 Å². The Balaban J connectivity index is 1.65. The molecule has 2 aromatic carbocycles. The van der Waals surface area contributed by atoms with Gasteiger partial charge in [-0.05, 0) is 30.4 Å². The van der Waals surface area contributed by atoms with Crippen molar-refractivity contribution >= 4 is 17.7 Å². The van der Waals surface area contributed by atoms with E-state index in [2.05, 4.69) is 5.32 Å². The number of amides is 3. The van der Waals surface area contributed by atoms with E-state index in [9.17, 15) is 14.4 Å². The zero-order valence-corrected chi connectivity index (χ0v) is 13.7. The molecule has 1 saturated heterocycles. The third-order valence-electron chi connectivity index (χ3n) is 5.05. The molecule has 25 heavy (non-hydrogen) atoms. The maximum Gasteiger partial charge on any atom is 0.325 e. The van der Waals surface area contributed by atoms with E-state index >= 15 is 0 Å². The van der Waals surface area contributed by atoms with E-state index in [1.807, 2.05) is 30.3 Å². The van der Waals surface area contributed by atoms with Gasteiger partial charge in [0.05, 0.1) is 6.54 Å². The van der Waals surface area contributed by atoms with E-state index in [-0.39, 0.29) is 18.2 Å². The largest absolute Gasteiger partial charge is 0.325 e. The van der Waals surface area contributed by atoms with Crippen molar-refractivity contribution in [2.24, 2.45) is 0 Å². The van der Waals surface area contributed by atoms with Crippen LogP contribution in [0, 0.1) is 0 Å². The fourth-order valence-corrected chi connectivity index (χ4v) is 3.81. The van der Waals surface area contributed by atoms with Gasteiger partial charge in [0.1, 0.15) is 5.54 Å². The molecule has 1 aliphatic carbocycles. The van der Waals surface area contributed by atoms with Crippen molar-refractivity contribution in [2.45, 2.75) is 24.8 Å². The third-order valence-corrected chi connectivity index (χ3v) is 5.05. The summed E-state index contributed by atoms with van der Waals surface area (Å²) in [4.78, 5) is 39.1. The van der Waals surface area contributed by atoms with Gasteiger partial charge in [-0.1, -0.05) is 54.6 Å². The number of urea groups is 1. The molecule has 1 fully saturated rings. The molecule has 2 aromatic rings. The Labute approximate surface area is 145 Å². The van der Waals surface area contributed by atoms with E-state index in [1.54, 1.807) is 24.3 Å². The normalized spacial score (nSPS) is 22.0. The fraction of sp³-hybridized carbons (Fsp3) is 0.250. The minimum atomic E-state index is -1.02. The third kappa shape index (κ3) is 2.43. The summed E-state index contributed by atoms with van der Waals surface area (Å²) in [6.07, 6.45) is 2.28. The van der Waals surface area contributed by atoms with Crippen LogP contribution in [0.3, 0.4) is 0 Å². The molecule has 0 bridgehead atoms. The molecule has 1 N–H and O–H groups in total. The van der Waals surface area contributed by atoms with Gasteiger partial charge in [-0.25, -0.2) is 4.79 Å². The van der Waals surface area contributed by atoms with Crippen molar-refractivity contribution in [3.8, 4) is 0 Å². The van der Waals surface area contributed by atoms with Crippen LogP contribution in [-0.2, 0) is 16.8 Å². The average molecular weight is 334 g/mol. The first-order chi connectivity index (χ1) is 12.1. The Morgan fingerprint density at radius 1 is 1.04 bits per heavy atom. The number of carbonyl (C=O) groups excluding carboxylic acids is 3. The van der Waals surface area contributed by atoms with Crippen molar-refractivity contribution in [3.05, 3.63) is 71.3 Å². The molecule has 2 aliphatic rings. The Morgan fingerprint density at radius 3 is 2.56 bits per heavy atom. The highest BCUT2D eigenvalue weighted by Crippen LogP contribution is 2.39. The second kappa shape index (κ2) is 5.84. The van der Waals surface area contributed by atoms with Gasteiger partial charge >= 0.3 is 6.03 Å². The molecule has 1 aliphatic heterocycles. The first-order valence-corrected chi connectivity index (χ1v) is 8.42. The molecule has 5 nitrogen and oxygen atoms in total. The van der Waals surface area contributed by atoms with Crippen molar-refractivity contribution in [1.82, 2.24) is 10.2 Å². The maximum absolute atomic E-state index is 13.1. The highest BCUT2D eigenvalue weighted by molar-refractivity contribution is 6.11. The molecule has 0 aromatic heterocycles. The number of Topliss-reactive ketones (excluding diaryl/α,β-unsaturated/α-hetero) is 1. The first kappa shape index (κ1) is 15.6. The lowest BCUT2D eigenvalue weighted by Gasteiger charge is -2.33. The van der Waals surface area contributed by atoms with E-state index in [1.165, 1.54) is 0 Å². The minimum absolute atomic E-state index is 0.238. The van der Waals surface area contributed by atoms with Crippen molar-refractivity contribution < 1.29 is 14.4 Å². The molecule has 4 rings (SSSR count). The average Bonchev–Trinajstić information content (AvgIpc) is 2.88. The van der Waals surface area contributed by atoms with Crippen LogP contribution in [0.4, 0.5) is 4.79 Å². The van der Waals surface area contributed by atoms with Gasteiger partial charge < -0.3 is 5.32 Å². The number of carbonyl (C=O) groups is 3. The summed E-state index contributed by atoms with van der Waals surface area (Å²) in [6, 6.07) is 15.9. The van der Waals surface area contributed by atoms with Gasteiger partial charge in [-0.2, -0.15) is 0 Å². The van der Waals surface area contributed by atoms with Crippen molar-refractivity contribution in [1.29, 1.82) is 0 Å². The van der Waals surface area contributed by atoms with Gasteiger partial charge in [0.2, 0.25) is 0 Å². The van der Waals surface area contributed by atoms with Crippen LogP contribution in [0.15, 0.2) is 54.6 Å². The van der Waals surface area contributed by atoms with E-state index in [0.29, 0.717) is 12.0 Å². The predicted molar refractivity (Wildman–Crippen MR) is 92.1 cm³/mol. The highest BCUT2D eigenvalue weighted by atomic mass is 16.2. The lowest BCUT2D eigenvalue weighted by atomic mass is 9.76. The number of nitrogens with one attached hydrogen (secondary N) is 1. The summed E-state index contributed by atoms with van der Waals surface area (Å²) < 4.78 is 0. The second-order valence-electron chi connectivity index (χ2n) is 6.53. The Morgan fingerprint density at radius 2 is 1.76 bits per heavy atom. The molecule has 0 saturated carbocycles. The van der Waals surface area contributed by atoms with E-state index < -0.39 is 11.6 Å². The van der Waals surface area contributed by atoms with Gasteiger partial charge in [-0.15, -0.1) is 0 Å². The van der Waals surface area contributed by atoms with Crippen LogP contribution in [0.2, 0.25) is 0 Å². The Bertz CT molecular complexity index is 862. The number of hydrogen-bond acceptors (Lipinski definition) is 3. The number of ketones is 1. The van der Waals surface area contributed by atoms with Gasteiger partial charge in [-0.3, -0.25) is 14.5 Å². The zero-order chi connectivity index (χ0) is 17.4. The van der Waals surface area contributed by atoms with E-state index in [4.69, 9.17) is 0 Å². The summed E-state index contributed by atoms with van der Waals surface area (Å²) in [7, 11) is 0. The Kier molecular flexibility index (Phi) is 3.64. The van der Waals surface area contributed by atoms with Gasteiger partial charge in [0.15, 0.2) is 5.78 Å². The standard InChI is InChI=1S/C20H18N2O3/c23-17(15-8-2-1-3-9-15)13-22-18(24)20(21-19(22)25)12-6-10-14-7-4-5-11-16(14)20/h1-5,7-9,11H,6,10,12-13H2,(H,21,25)/t20-/m0/s1. The summed E-state index contributed by atoms with van der Waals surface area (Å²) >= 11 is 0. The SMILES string of the molecule is O=C(CN1C(=O)N[C@]2(CCCc3ccccc32)C1=O)c1ccccc1. The van der Waals surface area contributed by atoms with Crippen LogP contribution in [0.25, 0.3) is 0 Å². The topological polar surface area (TPSA) is 66.5 Å². The summed E-state index contributed by atoms with van der Waals surface area (Å²) in [5.41, 5.74) is 1.41. The number of benzene rings is 2. The maximum atomic E-state index is 13.1. The molecular weight excluding hydrogens is 316 g/mol.